The summed E-state index contributed by atoms with van der Waals surface area (Å²) in [7, 11) is -0.314. The first-order chi connectivity index (χ1) is 62.3. The largest absolute Gasteiger partial charge is 0.490 e. The molecule has 7 aliphatic heterocycles. The van der Waals surface area contributed by atoms with Crippen molar-refractivity contribution < 1.29 is 74.5 Å². The van der Waals surface area contributed by atoms with Crippen LogP contribution in [0.15, 0.2) is 132 Å². The minimum atomic E-state index is -0.658. The third kappa shape index (κ3) is 30.1. The number of pyridine rings is 4. The van der Waals surface area contributed by atoms with E-state index in [1.165, 1.54) is 12.1 Å². The van der Waals surface area contributed by atoms with Gasteiger partial charge in [0.1, 0.15) is 51.6 Å². The molecule has 0 radical (unpaired) electrons. The number of rotatable bonds is 10. The van der Waals surface area contributed by atoms with Crippen LogP contribution in [0.25, 0.3) is 28.1 Å². The maximum Gasteiger partial charge on any atom is 0.490 e. The van der Waals surface area contributed by atoms with Crippen molar-refractivity contribution in [2.24, 2.45) is 0 Å². The SMILES string of the molecule is CC(C)(C)OC(=O)N1CC=C(B2OC(C)(C)C(C)(C)O2)CC1.CC(C)(C)OC(=O)N1CC=C(c2ccc(N)cn2)CC1.CC(C)(C)OC(=O)N1CCC(c2ccc(N)cn2)CC1.CC(C)N1CCOc2c(F)cc(-c3nc(Cl)ncc3F)cc21.CC(C)N1CCOc2c(F)cc(-c3nc(Nc4ccc(C5CCN(C(=O)OC(C)(C)C)CC5)nc4)ncc3F)cc21.Nc1ccc(Br)nc1. The predicted octanol–water partition coefficient (Wildman–Crippen LogP) is 20.0. The molecule has 0 unspecified atom stereocenters. The first-order valence-corrected chi connectivity index (χ1v) is 45.9. The van der Waals surface area contributed by atoms with E-state index in [0.29, 0.717) is 130 Å². The van der Waals surface area contributed by atoms with Crippen molar-refractivity contribution >= 4 is 105 Å². The van der Waals surface area contributed by atoms with Crippen LogP contribution in [0.5, 0.6) is 11.5 Å². The first kappa shape index (κ1) is 104. The maximum atomic E-state index is 15.0. The number of nitrogens with one attached hydrogen (secondary N) is 1. The van der Waals surface area contributed by atoms with E-state index in [4.69, 9.17) is 66.5 Å². The third-order valence-electron chi connectivity index (χ3n) is 22.2. The number of carbonyl (C=O) groups is 4. The molecular weight excluding hydrogens is 1800 g/mol. The van der Waals surface area contributed by atoms with Crippen LogP contribution in [-0.4, -0.2) is 215 Å². The molecule has 0 atom stereocenters. The molecule has 4 amide bonds. The minimum Gasteiger partial charge on any atom is -0.486 e. The van der Waals surface area contributed by atoms with Gasteiger partial charge in [0.05, 0.1) is 101 Å². The Morgan fingerprint density at radius 2 is 0.902 bits per heavy atom. The van der Waals surface area contributed by atoms with E-state index < -0.39 is 45.7 Å². The third-order valence-corrected chi connectivity index (χ3v) is 22.9. The minimum absolute atomic E-state index is 0.0141. The summed E-state index contributed by atoms with van der Waals surface area (Å²) in [4.78, 5) is 92.3. The molecule has 7 aliphatic rings. The molecule has 133 heavy (non-hydrogen) atoms. The van der Waals surface area contributed by atoms with Gasteiger partial charge in [-0.15, -0.1) is 0 Å². The molecule has 8 aromatic rings. The van der Waals surface area contributed by atoms with Crippen LogP contribution >= 0.6 is 27.5 Å². The van der Waals surface area contributed by atoms with Gasteiger partial charge in [-0.1, -0.05) is 12.2 Å². The molecule has 3 fully saturated rings. The van der Waals surface area contributed by atoms with Crippen molar-refractivity contribution in [1.29, 1.82) is 0 Å². The number of halogens is 6. The summed E-state index contributed by atoms with van der Waals surface area (Å²) in [5.41, 5.74) is 23.6. The zero-order valence-electron chi connectivity index (χ0n) is 79.8. The Labute approximate surface area is 791 Å². The van der Waals surface area contributed by atoms with Gasteiger partial charge in [0.2, 0.25) is 11.2 Å². The highest BCUT2D eigenvalue weighted by Crippen LogP contribution is 2.44. The van der Waals surface area contributed by atoms with Gasteiger partial charge < -0.3 is 89.6 Å². The number of piperidine rings is 2. The molecule has 2 aromatic carbocycles. The Hall–Kier alpha value is -11.4. The molecule has 0 aliphatic carbocycles. The molecule has 0 bridgehead atoms. The number of nitrogens with two attached hydrogens (primary N) is 3. The fourth-order valence-electron chi connectivity index (χ4n) is 14.8. The second kappa shape index (κ2) is 44.7. The normalized spacial score (nSPS) is 16.7. The molecule has 37 heteroatoms. The lowest BCUT2D eigenvalue weighted by Crippen LogP contribution is -2.41. The highest BCUT2D eigenvalue weighted by atomic mass is 79.9. The topological polar surface area (TPSA) is 355 Å². The summed E-state index contributed by atoms with van der Waals surface area (Å²) in [5, 5.41) is 2.98. The summed E-state index contributed by atoms with van der Waals surface area (Å²) < 4.78 is 104. The standard InChI is InChI=1S/C30H36F2N6O3.C16H28BNO4.C15H14ClF2N3O.C15H23N3O2.C15H21N3O2.C5H5BrN2/c1-18(2)38-12-13-40-27-22(31)14-20(15-25(27)38)26-23(32)17-34-28(36-26)35-21-6-7-24(33-16-21)19-8-10-37(11-9-19)29(39)41-30(3,4)5;1-14(2,3)20-13(19)18-10-8-12(9-11-18)17-21-15(4,5)16(6,7)22-17;1-8(2)21-3-4-22-14-10(17)5-9(6-12(14)21)13-11(18)7-19-15(16)20-13;2*1-15(2,3)20-14(19)18-8-6-11(7-9-18)13-5-4-12(16)10-17-13;6-5-2-1-4(7)3-8-5/h6-7,14-19H,8-13H2,1-5H3,(H,34,35,36);8H,9-11H2,1-7H3;5-8H,3-4H2,1-2H3;4-5,10-11H,6-9,16H2,1-3H3;4-6,10H,7-9,16H2,1-3H3;1-3H,7H2. The Morgan fingerprint density at radius 1 is 0.489 bits per heavy atom. The summed E-state index contributed by atoms with van der Waals surface area (Å²) in [6, 6.07) is 21.1. The van der Waals surface area contributed by atoms with Crippen molar-refractivity contribution in [3.8, 4) is 34.0 Å². The zero-order chi connectivity index (χ0) is 97.4. The predicted molar refractivity (Wildman–Crippen MR) is 513 cm³/mol. The number of aromatic nitrogens is 8. The number of fused-ring (bicyclic) bond motifs is 2. The first-order valence-electron chi connectivity index (χ1n) is 44.7. The van der Waals surface area contributed by atoms with Crippen molar-refractivity contribution in [1.82, 2.24) is 59.5 Å². The summed E-state index contributed by atoms with van der Waals surface area (Å²) in [5.74, 6) is -1.28. The second-order valence-corrected chi connectivity index (χ2v) is 39.7. The van der Waals surface area contributed by atoms with Gasteiger partial charge in [0, 0.05) is 98.8 Å². The summed E-state index contributed by atoms with van der Waals surface area (Å²) in [6.07, 6.45) is 16.6. The lowest BCUT2D eigenvalue weighted by molar-refractivity contribution is 0.00578. The Balaban J connectivity index is 0.000000174. The molecule has 6 aromatic heterocycles. The molecule has 718 valence electrons. The quantitative estimate of drug-likeness (QED) is 0.0325. The van der Waals surface area contributed by atoms with E-state index in [-0.39, 0.29) is 94.8 Å². The highest BCUT2D eigenvalue weighted by molar-refractivity contribution is 9.10. The number of ether oxygens (including phenoxy) is 6. The number of anilines is 7. The number of carbonyl (C=O) groups excluding carboxylic acids is 4. The number of nitrogens with zero attached hydrogens (tertiary/aromatic N) is 14. The van der Waals surface area contributed by atoms with Crippen molar-refractivity contribution in [2.45, 2.75) is 235 Å². The van der Waals surface area contributed by atoms with Crippen LogP contribution < -0.4 is 41.8 Å². The number of hydrogen-bond acceptors (Lipinski definition) is 26. The van der Waals surface area contributed by atoms with E-state index in [9.17, 15) is 36.7 Å². The average molecular weight is 1930 g/mol. The van der Waals surface area contributed by atoms with Gasteiger partial charge in [-0.05, 0) is 288 Å². The van der Waals surface area contributed by atoms with Gasteiger partial charge in [-0.25, -0.2) is 61.7 Å². The summed E-state index contributed by atoms with van der Waals surface area (Å²) >= 11 is 8.89. The zero-order valence-corrected chi connectivity index (χ0v) is 82.2. The smallest absolute Gasteiger partial charge is 0.486 e. The lowest BCUT2D eigenvalue weighted by atomic mass is 9.75. The monoisotopic (exact) mass is 1920 g/mol. The lowest BCUT2D eigenvalue weighted by Gasteiger charge is -2.34. The Kier molecular flexibility index (Phi) is 34.8. The van der Waals surface area contributed by atoms with E-state index in [1.54, 1.807) is 68.7 Å². The fourth-order valence-corrected chi connectivity index (χ4v) is 15.1. The summed E-state index contributed by atoms with van der Waals surface area (Å²) in [6.45, 7) is 45.7. The Morgan fingerprint density at radius 3 is 1.29 bits per heavy atom. The molecule has 0 spiro atoms. The number of amides is 4. The van der Waals surface area contributed by atoms with Crippen LogP contribution in [0.2, 0.25) is 5.28 Å². The molecular formula is C96H127BBrClF4N18O12. The Bertz CT molecular complexity index is 5320. The van der Waals surface area contributed by atoms with E-state index >= 15 is 0 Å². The number of benzene rings is 2. The number of likely N-dealkylation sites (tertiary alicyclic amines) is 2. The van der Waals surface area contributed by atoms with Gasteiger partial charge in [0.25, 0.3) is 0 Å². The molecule has 7 N–H and O–H groups in total. The molecule has 3 saturated heterocycles. The van der Waals surface area contributed by atoms with Gasteiger partial charge in [0.15, 0.2) is 34.8 Å². The fraction of sp³-hybridized carbons (Fsp3) is 0.500. The van der Waals surface area contributed by atoms with Crippen molar-refractivity contribution in [3.63, 3.8) is 0 Å². The maximum absolute atomic E-state index is 15.0. The highest BCUT2D eigenvalue weighted by Gasteiger charge is 2.53. The van der Waals surface area contributed by atoms with Crippen molar-refractivity contribution in [3.05, 3.63) is 178 Å². The van der Waals surface area contributed by atoms with E-state index in [2.05, 4.69) is 61.1 Å². The molecule has 13 heterocycles. The number of hydrogen-bond donors (Lipinski definition) is 4. The van der Waals surface area contributed by atoms with Crippen LogP contribution in [0.1, 0.15) is 206 Å². The van der Waals surface area contributed by atoms with Gasteiger partial charge in [-0.3, -0.25) is 15.0 Å². The number of nitrogen functional groups attached to an aromatic ring is 3. The van der Waals surface area contributed by atoms with Crippen LogP contribution in [0.4, 0.5) is 76.8 Å². The van der Waals surface area contributed by atoms with Gasteiger partial charge >= 0.3 is 31.5 Å². The van der Waals surface area contributed by atoms with E-state index in [1.807, 2.05) is 197 Å². The van der Waals surface area contributed by atoms with Crippen LogP contribution in [0, 0.1) is 23.3 Å². The second-order valence-electron chi connectivity index (χ2n) is 38.5. The van der Waals surface area contributed by atoms with E-state index in [0.717, 1.165) is 83.6 Å². The van der Waals surface area contributed by atoms with Gasteiger partial charge in [-0.2, -0.15) is 0 Å². The molecule has 0 saturated carbocycles. The van der Waals surface area contributed by atoms with Crippen LogP contribution in [-0.2, 0) is 28.3 Å². The molecule has 15 rings (SSSR count). The van der Waals surface area contributed by atoms with Crippen LogP contribution in [0.3, 0.4) is 0 Å². The molecule has 30 nitrogen and oxygen atoms in total. The average Bonchev–Trinajstić information content (AvgIpc) is 1.56. The van der Waals surface area contributed by atoms with Crippen molar-refractivity contribution in [2.75, 3.05) is 111 Å².